The molecule has 2 aromatic carbocycles. The summed E-state index contributed by atoms with van der Waals surface area (Å²) in [6.07, 6.45) is -4.91. The SMILES string of the molecule is COc1nc(OC2CCNC2C)c2cc(C(F)(F)F)c(-c3ccc(F)c4sc(N)c(C#N)c34)c(F)c2n1. The summed E-state index contributed by atoms with van der Waals surface area (Å²) in [5.41, 5.74) is 2.50. The number of hydrogen-bond acceptors (Lipinski definition) is 8. The van der Waals surface area contributed by atoms with Crippen LogP contribution in [-0.2, 0) is 6.18 Å². The summed E-state index contributed by atoms with van der Waals surface area (Å²) in [6.45, 7) is 2.47. The monoisotopic (exact) mass is 535 g/mol. The maximum Gasteiger partial charge on any atom is 0.417 e. The number of nitrogens with zero attached hydrogens (tertiary/aromatic N) is 3. The number of rotatable bonds is 4. The maximum absolute atomic E-state index is 16.2. The molecule has 7 nitrogen and oxygen atoms in total. The van der Waals surface area contributed by atoms with Crippen LogP contribution in [0.25, 0.3) is 32.1 Å². The van der Waals surface area contributed by atoms with Gasteiger partial charge < -0.3 is 20.5 Å². The van der Waals surface area contributed by atoms with Crippen LogP contribution in [0.15, 0.2) is 18.2 Å². The van der Waals surface area contributed by atoms with Gasteiger partial charge in [-0.2, -0.15) is 28.4 Å². The Morgan fingerprint density at radius 2 is 2.00 bits per heavy atom. The molecule has 1 saturated heterocycles. The summed E-state index contributed by atoms with van der Waals surface area (Å²) in [6, 6.07) is 3.95. The number of benzene rings is 2. The van der Waals surface area contributed by atoms with E-state index in [1.165, 1.54) is 7.11 Å². The van der Waals surface area contributed by atoms with E-state index in [0.29, 0.717) is 30.4 Å². The Balaban J connectivity index is 1.87. The minimum absolute atomic E-state index is 0.0995. The average Bonchev–Trinajstić information content (AvgIpc) is 3.41. The van der Waals surface area contributed by atoms with Crippen LogP contribution in [-0.4, -0.2) is 35.8 Å². The van der Waals surface area contributed by atoms with Crippen LogP contribution in [0, 0.1) is 23.0 Å². The van der Waals surface area contributed by atoms with Gasteiger partial charge >= 0.3 is 12.2 Å². The highest BCUT2D eigenvalue weighted by atomic mass is 32.1. The zero-order valence-electron chi connectivity index (χ0n) is 19.3. The topological polar surface area (TPSA) is 106 Å². The van der Waals surface area contributed by atoms with E-state index in [-0.39, 0.29) is 49.5 Å². The molecule has 0 amide bonds. The van der Waals surface area contributed by atoms with Crippen molar-refractivity contribution in [3.05, 3.63) is 41.0 Å². The van der Waals surface area contributed by atoms with Crippen molar-refractivity contribution in [2.24, 2.45) is 0 Å². The average molecular weight is 535 g/mol. The third kappa shape index (κ3) is 4.06. The molecule has 0 radical (unpaired) electrons. The van der Waals surface area contributed by atoms with Crippen LogP contribution < -0.4 is 20.5 Å². The molecule has 1 fully saturated rings. The molecule has 192 valence electrons. The minimum atomic E-state index is -5.04. The molecule has 13 heteroatoms. The van der Waals surface area contributed by atoms with E-state index in [9.17, 15) is 22.8 Å². The number of nitrogen functional groups attached to an aromatic ring is 1. The number of alkyl halides is 3. The van der Waals surface area contributed by atoms with Crippen molar-refractivity contribution in [1.29, 1.82) is 5.26 Å². The summed E-state index contributed by atoms with van der Waals surface area (Å²) < 4.78 is 84.8. The first-order chi connectivity index (χ1) is 17.5. The number of anilines is 1. The maximum atomic E-state index is 16.2. The Bertz CT molecular complexity index is 1600. The molecule has 4 aromatic rings. The number of hydrogen-bond donors (Lipinski definition) is 2. The lowest BCUT2D eigenvalue weighted by molar-refractivity contribution is -0.137. The predicted octanol–water partition coefficient (Wildman–Crippen LogP) is 5.40. The zero-order chi connectivity index (χ0) is 26.6. The van der Waals surface area contributed by atoms with Crippen LogP contribution in [0.5, 0.6) is 11.9 Å². The van der Waals surface area contributed by atoms with Gasteiger partial charge in [-0.3, -0.25) is 0 Å². The number of nitrogens with one attached hydrogen (secondary N) is 1. The molecule has 2 unspecified atom stereocenters. The number of methoxy groups -OCH3 is 1. The lowest BCUT2D eigenvalue weighted by Crippen LogP contribution is -2.31. The van der Waals surface area contributed by atoms with Crippen LogP contribution >= 0.6 is 11.3 Å². The number of aromatic nitrogens is 2. The molecule has 1 aliphatic rings. The Morgan fingerprint density at radius 3 is 2.62 bits per heavy atom. The molecular weight excluding hydrogens is 517 g/mol. The Labute approximate surface area is 210 Å². The second-order valence-electron chi connectivity index (χ2n) is 8.46. The normalized spacial score (nSPS) is 17.9. The molecular formula is C24H18F5N5O2S. The van der Waals surface area contributed by atoms with Crippen LogP contribution in [0.4, 0.5) is 27.0 Å². The Kier molecular flexibility index (Phi) is 6.04. The molecule has 2 atom stereocenters. The van der Waals surface area contributed by atoms with Crippen molar-refractivity contribution in [3.63, 3.8) is 0 Å². The van der Waals surface area contributed by atoms with E-state index in [1.807, 2.05) is 6.92 Å². The van der Waals surface area contributed by atoms with E-state index in [4.69, 9.17) is 15.2 Å². The highest BCUT2D eigenvalue weighted by Gasteiger charge is 2.38. The smallest absolute Gasteiger partial charge is 0.417 e. The molecule has 5 rings (SSSR count). The summed E-state index contributed by atoms with van der Waals surface area (Å²) in [4.78, 5) is 8.02. The van der Waals surface area contributed by atoms with Gasteiger partial charge in [-0.05, 0) is 37.6 Å². The predicted molar refractivity (Wildman–Crippen MR) is 127 cm³/mol. The van der Waals surface area contributed by atoms with Crippen molar-refractivity contribution in [3.8, 4) is 29.1 Å². The lowest BCUT2D eigenvalue weighted by Gasteiger charge is -2.21. The van der Waals surface area contributed by atoms with Gasteiger partial charge in [0.25, 0.3) is 0 Å². The fourth-order valence-corrected chi connectivity index (χ4v) is 5.44. The Hall–Kier alpha value is -3.76. The van der Waals surface area contributed by atoms with E-state index in [2.05, 4.69) is 15.3 Å². The lowest BCUT2D eigenvalue weighted by atomic mass is 9.92. The summed E-state index contributed by atoms with van der Waals surface area (Å²) in [7, 11) is 1.23. The first kappa shape index (κ1) is 24.9. The largest absolute Gasteiger partial charge is 0.472 e. The second kappa shape index (κ2) is 8.97. The standard InChI is InChI=1S/C24H18F5N5O2S/c1-9-15(5-6-32-9)36-22-11-7-13(24(27,28)29)17(18(26)19(11)33-23(34-22)35-2)10-3-4-14(25)20-16(10)12(8-30)21(31)37-20/h3-4,7,9,15,32H,5-6,31H2,1-2H3. The fourth-order valence-electron chi connectivity index (χ4n) is 4.50. The summed E-state index contributed by atoms with van der Waals surface area (Å²) in [5, 5.41) is 12.1. The molecule has 2 aromatic heterocycles. The molecule has 1 aliphatic heterocycles. The first-order valence-electron chi connectivity index (χ1n) is 11.0. The van der Waals surface area contributed by atoms with E-state index in [1.54, 1.807) is 6.07 Å². The summed E-state index contributed by atoms with van der Waals surface area (Å²) in [5.74, 6) is -2.42. The van der Waals surface area contributed by atoms with E-state index < -0.39 is 40.6 Å². The van der Waals surface area contributed by atoms with Crippen molar-refractivity contribution in [1.82, 2.24) is 15.3 Å². The molecule has 3 N–H and O–H groups in total. The van der Waals surface area contributed by atoms with Gasteiger partial charge in [-0.25, -0.2) is 8.78 Å². The molecule has 3 heterocycles. The molecule has 0 bridgehead atoms. The van der Waals surface area contributed by atoms with Gasteiger partial charge in [0.1, 0.15) is 28.5 Å². The van der Waals surface area contributed by atoms with Gasteiger partial charge in [-0.1, -0.05) is 6.07 Å². The van der Waals surface area contributed by atoms with Crippen LogP contribution in [0.3, 0.4) is 0 Å². The third-order valence-corrected chi connectivity index (χ3v) is 7.31. The number of thiophene rings is 1. The van der Waals surface area contributed by atoms with Crippen LogP contribution in [0.2, 0.25) is 0 Å². The third-order valence-electron chi connectivity index (χ3n) is 6.28. The number of ether oxygens (including phenoxy) is 2. The summed E-state index contributed by atoms with van der Waals surface area (Å²) >= 11 is 0.693. The van der Waals surface area contributed by atoms with E-state index >= 15 is 4.39 Å². The van der Waals surface area contributed by atoms with E-state index in [0.717, 1.165) is 12.1 Å². The highest BCUT2D eigenvalue weighted by molar-refractivity contribution is 7.23. The fraction of sp³-hybridized carbons (Fsp3) is 0.292. The zero-order valence-corrected chi connectivity index (χ0v) is 20.2. The van der Waals surface area contributed by atoms with Crippen molar-refractivity contribution < 1.29 is 31.4 Å². The Morgan fingerprint density at radius 1 is 1.24 bits per heavy atom. The quantitative estimate of drug-likeness (QED) is 0.337. The van der Waals surface area contributed by atoms with Crippen LogP contribution in [0.1, 0.15) is 24.5 Å². The number of halogens is 5. The van der Waals surface area contributed by atoms with Crippen molar-refractivity contribution in [2.75, 3.05) is 19.4 Å². The second-order valence-corrected chi connectivity index (χ2v) is 9.51. The number of fused-ring (bicyclic) bond motifs is 2. The van der Waals surface area contributed by atoms with Gasteiger partial charge in [0.15, 0.2) is 5.82 Å². The number of nitrogens with two attached hydrogens (primary N) is 1. The molecule has 0 aliphatic carbocycles. The van der Waals surface area contributed by atoms with Crippen molar-refractivity contribution in [2.45, 2.75) is 31.7 Å². The molecule has 0 saturated carbocycles. The van der Waals surface area contributed by atoms with Gasteiger partial charge in [0, 0.05) is 17.0 Å². The van der Waals surface area contributed by atoms with Gasteiger partial charge in [0.2, 0.25) is 5.88 Å². The molecule has 37 heavy (non-hydrogen) atoms. The first-order valence-corrected chi connectivity index (χ1v) is 11.8. The molecule has 0 spiro atoms. The minimum Gasteiger partial charge on any atom is -0.472 e. The van der Waals surface area contributed by atoms with Gasteiger partial charge in [-0.15, -0.1) is 11.3 Å². The van der Waals surface area contributed by atoms with Crippen molar-refractivity contribution >= 4 is 37.3 Å². The number of nitriles is 1. The highest BCUT2D eigenvalue weighted by Crippen LogP contribution is 2.48. The van der Waals surface area contributed by atoms with Gasteiger partial charge in [0.05, 0.1) is 28.3 Å².